The Balaban J connectivity index is 1.51. The standard InChI is InChI=1S/C17H18O7S2/c1-2-19-17(25)26-15-13-12(23-16(18)24-13)11-10(21-15)8-20-14(22-11)9-6-4-3-5-7-9/h3-7,10-15H,2,8H2,1H3/t10-,11-,12+,13-,14-,15+/m1/s1. The summed E-state index contributed by atoms with van der Waals surface area (Å²) >= 11 is 6.36. The second-order valence-corrected chi connectivity index (χ2v) is 7.64. The third kappa shape index (κ3) is 3.54. The van der Waals surface area contributed by atoms with Crippen LogP contribution in [-0.4, -0.2) is 53.6 Å². The topological polar surface area (TPSA) is 72.5 Å². The van der Waals surface area contributed by atoms with Crippen molar-refractivity contribution in [3.8, 4) is 0 Å². The minimum absolute atomic E-state index is 0.309. The van der Waals surface area contributed by atoms with E-state index in [0.29, 0.717) is 17.6 Å². The molecule has 3 heterocycles. The number of thioether (sulfide) groups is 1. The Morgan fingerprint density at radius 1 is 1.19 bits per heavy atom. The molecule has 0 N–H and O–H groups in total. The summed E-state index contributed by atoms with van der Waals surface area (Å²) in [6, 6.07) is 9.58. The average Bonchev–Trinajstić information content (AvgIpc) is 3.05. The van der Waals surface area contributed by atoms with Gasteiger partial charge in [-0.25, -0.2) is 4.79 Å². The highest BCUT2D eigenvalue weighted by molar-refractivity contribution is 8.22. The highest BCUT2D eigenvalue weighted by atomic mass is 32.2. The van der Waals surface area contributed by atoms with Crippen LogP contribution in [0.3, 0.4) is 0 Å². The molecule has 3 fully saturated rings. The van der Waals surface area contributed by atoms with Crippen LogP contribution in [-0.2, 0) is 28.4 Å². The zero-order valence-corrected chi connectivity index (χ0v) is 15.6. The van der Waals surface area contributed by atoms with Crippen LogP contribution in [0.1, 0.15) is 18.8 Å². The minimum Gasteiger partial charge on any atom is -0.479 e. The largest absolute Gasteiger partial charge is 0.509 e. The van der Waals surface area contributed by atoms with Gasteiger partial charge in [0.25, 0.3) is 0 Å². The maximum Gasteiger partial charge on any atom is 0.509 e. The van der Waals surface area contributed by atoms with Crippen LogP contribution in [0.2, 0.25) is 0 Å². The van der Waals surface area contributed by atoms with Crippen molar-refractivity contribution in [3.05, 3.63) is 35.9 Å². The van der Waals surface area contributed by atoms with Gasteiger partial charge in [0.2, 0.25) is 4.38 Å². The predicted molar refractivity (Wildman–Crippen MR) is 95.6 cm³/mol. The number of benzene rings is 1. The summed E-state index contributed by atoms with van der Waals surface area (Å²) in [4.78, 5) is 11.7. The van der Waals surface area contributed by atoms with Gasteiger partial charge < -0.3 is 28.4 Å². The minimum atomic E-state index is -0.733. The number of ether oxygens (including phenoxy) is 6. The number of fused-ring (bicyclic) bond motifs is 3. The van der Waals surface area contributed by atoms with Crippen LogP contribution in [0.4, 0.5) is 4.79 Å². The molecular formula is C17H18O7S2. The molecule has 1 aromatic carbocycles. The van der Waals surface area contributed by atoms with Crippen LogP contribution >= 0.6 is 24.0 Å². The third-order valence-corrected chi connectivity index (χ3v) is 5.62. The summed E-state index contributed by atoms with van der Waals surface area (Å²) in [7, 11) is 0. The summed E-state index contributed by atoms with van der Waals surface area (Å²) in [5.74, 6) is 0. The summed E-state index contributed by atoms with van der Waals surface area (Å²) in [5, 5.41) is 0. The predicted octanol–water partition coefficient (Wildman–Crippen LogP) is 2.78. The van der Waals surface area contributed by atoms with Crippen LogP contribution < -0.4 is 0 Å². The van der Waals surface area contributed by atoms with Crippen molar-refractivity contribution in [3.63, 3.8) is 0 Å². The number of carbonyl (C=O) groups excluding carboxylic acids is 1. The summed E-state index contributed by atoms with van der Waals surface area (Å²) in [6.45, 7) is 2.61. The van der Waals surface area contributed by atoms with E-state index in [1.54, 1.807) is 0 Å². The Bertz CT molecular complexity index is 670. The van der Waals surface area contributed by atoms with Crippen molar-refractivity contribution in [1.29, 1.82) is 0 Å². The highest BCUT2D eigenvalue weighted by Gasteiger charge is 2.57. The van der Waals surface area contributed by atoms with Crippen molar-refractivity contribution in [2.45, 2.75) is 43.1 Å². The molecule has 3 aliphatic heterocycles. The molecule has 3 aliphatic rings. The van der Waals surface area contributed by atoms with E-state index < -0.39 is 42.3 Å². The fraction of sp³-hybridized carbons (Fsp3) is 0.529. The van der Waals surface area contributed by atoms with E-state index in [0.717, 1.165) is 5.56 Å². The Kier molecular flexibility index (Phi) is 5.32. The molecule has 4 rings (SSSR count). The number of hydrogen-bond donors (Lipinski definition) is 0. The van der Waals surface area contributed by atoms with Gasteiger partial charge in [0.15, 0.2) is 23.9 Å². The third-order valence-electron chi connectivity index (χ3n) is 4.29. The lowest BCUT2D eigenvalue weighted by Crippen LogP contribution is -2.60. The fourth-order valence-electron chi connectivity index (χ4n) is 3.18. The van der Waals surface area contributed by atoms with Gasteiger partial charge in [-0.05, 0) is 30.9 Å². The average molecular weight is 398 g/mol. The lowest BCUT2D eigenvalue weighted by atomic mass is 9.99. The van der Waals surface area contributed by atoms with E-state index >= 15 is 0 Å². The maximum absolute atomic E-state index is 11.7. The molecule has 7 nitrogen and oxygen atoms in total. The van der Waals surface area contributed by atoms with Crippen LogP contribution in [0.25, 0.3) is 0 Å². The SMILES string of the molecule is CCOC(=S)S[C@@H]1O[C@@H]2CO[C@@H](c3ccccc3)O[C@H]2[C@@H]2OC(=O)O[C@H]21. The lowest BCUT2D eigenvalue weighted by molar-refractivity contribution is -0.305. The number of rotatable bonds is 3. The van der Waals surface area contributed by atoms with Gasteiger partial charge in [0.1, 0.15) is 12.2 Å². The van der Waals surface area contributed by atoms with Gasteiger partial charge in [-0.2, -0.15) is 0 Å². The first-order valence-electron chi connectivity index (χ1n) is 8.34. The molecule has 0 aromatic heterocycles. The van der Waals surface area contributed by atoms with Crippen LogP contribution in [0, 0.1) is 0 Å². The first kappa shape index (κ1) is 18.0. The molecule has 0 spiro atoms. The Morgan fingerprint density at radius 2 is 1.96 bits per heavy atom. The highest BCUT2D eigenvalue weighted by Crippen LogP contribution is 2.41. The molecule has 0 saturated carbocycles. The van der Waals surface area contributed by atoms with Crippen molar-refractivity contribution in [1.82, 2.24) is 0 Å². The van der Waals surface area contributed by atoms with E-state index in [2.05, 4.69) is 0 Å². The lowest BCUT2D eigenvalue weighted by Gasteiger charge is -2.44. The van der Waals surface area contributed by atoms with Gasteiger partial charge in [0.05, 0.1) is 13.2 Å². The van der Waals surface area contributed by atoms with Gasteiger partial charge in [-0.15, -0.1) is 0 Å². The number of hydrogen-bond acceptors (Lipinski definition) is 9. The molecule has 0 bridgehead atoms. The molecule has 1 aromatic rings. The number of carbonyl (C=O) groups is 1. The van der Waals surface area contributed by atoms with Crippen LogP contribution in [0.5, 0.6) is 0 Å². The van der Waals surface area contributed by atoms with Crippen molar-refractivity contribution in [2.75, 3.05) is 13.2 Å². The monoisotopic (exact) mass is 398 g/mol. The molecule has 6 atom stereocenters. The molecule has 9 heteroatoms. The summed E-state index contributed by atoms with van der Waals surface area (Å²) in [6.07, 6.45) is -3.37. The molecule has 0 amide bonds. The van der Waals surface area contributed by atoms with E-state index in [4.69, 9.17) is 40.6 Å². The quantitative estimate of drug-likeness (QED) is 0.564. The first-order chi connectivity index (χ1) is 12.7. The molecule has 0 radical (unpaired) electrons. The molecule has 3 saturated heterocycles. The van der Waals surface area contributed by atoms with E-state index in [1.165, 1.54) is 11.8 Å². The van der Waals surface area contributed by atoms with Gasteiger partial charge in [0, 0.05) is 5.56 Å². The Hall–Kier alpha value is -1.39. The second kappa shape index (κ2) is 7.69. The van der Waals surface area contributed by atoms with E-state index in [9.17, 15) is 4.79 Å². The van der Waals surface area contributed by atoms with Crippen molar-refractivity contribution >= 4 is 34.5 Å². The Labute approximate surface area is 160 Å². The zero-order valence-electron chi connectivity index (χ0n) is 13.9. The van der Waals surface area contributed by atoms with Gasteiger partial charge in [-0.1, -0.05) is 30.3 Å². The fourth-order valence-corrected chi connectivity index (χ4v) is 4.50. The van der Waals surface area contributed by atoms with Crippen LogP contribution in [0.15, 0.2) is 30.3 Å². The molecule has 0 unspecified atom stereocenters. The summed E-state index contributed by atoms with van der Waals surface area (Å²) < 4.78 is 34.2. The zero-order chi connectivity index (χ0) is 18.1. The van der Waals surface area contributed by atoms with E-state index in [1.807, 2.05) is 37.3 Å². The van der Waals surface area contributed by atoms with Crippen molar-refractivity contribution < 1.29 is 33.2 Å². The molecule has 0 aliphatic carbocycles. The number of thiocarbonyl (C=S) groups is 1. The van der Waals surface area contributed by atoms with Gasteiger partial charge in [-0.3, -0.25) is 0 Å². The molecular weight excluding hydrogens is 380 g/mol. The molecule has 140 valence electrons. The van der Waals surface area contributed by atoms with Crippen molar-refractivity contribution in [2.24, 2.45) is 0 Å². The Morgan fingerprint density at radius 3 is 2.73 bits per heavy atom. The van der Waals surface area contributed by atoms with E-state index in [-0.39, 0.29) is 0 Å². The second-order valence-electron chi connectivity index (χ2n) is 5.94. The van der Waals surface area contributed by atoms with Gasteiger partial charge >= 0.3 is 6.16 Å². The maximum atomic E-state index is 11.7. The normalized spacial score (nSPS) is 35.7. The molecule has 26 heavy (non-hydrogen) atoms. The smallest absolute Gasteiger partial charge is 0.479 e. The summed E-state index contributed by atoms with van der Waals surface area (Å²) in [5.41, 5.74) is 0.356. The first-order valence-corrected chi connectivity index (χ1v) is 9.62.